The second-order valence-corrected chi connectivity index (χ2v) is 5.54. The topological polar surface area (TPSA) is 37.4 Å². The molecule has 1 unspecified atom stereocenters. The fraction of sp³-hybridized carbons (Fsp3) is 0.769. The monoisotopic (exact) mass is 271 g/mol. The number of nitrogens with one attached hydrogen (secondary N) is 1. The zero-order chi connectivity index (χ0) is 13.5. The van der Waals surface area contributed by atoms with Gasteiger partial charge >= 0.3 is 0 Å². The third-order valence-corrected chi connectivity index (χ3v) is 4.32. The van der Waals surface area contributed by atoms with E-state index in [0.717, 1.165) is 36.9 Å². The maximum atomic E-state index is 5.20. The van der Waals surface area contributed by atoms with Gasteiger partial charge in [-0.25, -0.2) is 4.98 Å². The summed E-state index contributed by atoms with van der Waals surface area (Å²) in [4.78, 5) is 8.37. The summed E-state index contributed by atoms with van der Waals surface area (Å²) in [6.07, 6.45) is 1.11. The van der Waals surface area contributed by atoms with Gasteiger partial charge in [-0.3, -0.25) is 0 Å². The molecule has 0 amide bonds. The highest BCUT2D eigenvalue weighted by Gasteiger charge is 2.17. The Bertz CT molecular complexity index is 354. The summed E-state index contributed by atoms with van der Waals surface area (Å²) in [5.41, 5.74) is 1.13. The van der Waals surface area contributed by atoms with Crippen LogP contribution in [-0.4, -0.2) is 38.3 Å². The Kier molecular flexibility index (Phi) is 6.60. The lowest BCUT2D eigenvalue weighted by molar-refractivity contribution is 0.203. The van der Waals surface area contributed by atoms with Crippen molar-refractivity contribution in [3.05, 3.63) is 10.6 Å². The SMILES string of the molecule is CCC(C)N(CCOC)c1nc(C)c(CNC)s1. The summed E-state index contributed by atoms with van der Waals surface area (Å²) >= 11 is 1.78. The van der Waals surface area contributed by atoms with Crippen molar-refractivity contribution in [2.24, 2.45) is 0 Å². The molecule has 4 nitrogen and oxygen atoms in total. The highest BCUT2D eigenvalue weighted by molar-refractivity contribution is 7.15. The molecule has 5 heteroatoms. The smallest absolute Gasteiger partial charge is 0.186 e. The minimum Gasteiger partial charge on any atom is -0.383 e. The molecule has 1 rings (SSSR count). The third kappa shape index (κ3) is 3.93. The molecular formula is C13H25N3OS. The Balaban J connectivity index is 2.86. The number of rotatable bonds is 8. The summed E-state index contributed by atoms with van der Waals surface area (Å²) in [5.74, 6) is 0. The normalized spacial score (nSPS) is 12.7. The number of aromatic nitrogens is 1. The number of ether oxygens (including phenoxy) is 1. The average Bonchev–Trinajstić information content (AvgIpc) is 2.71. The molecule has 1 aromatic rings. The second kappa shape index (κ2) is 7.71. The Morgan fingerprint density at radius 2 is 2.22 bits per heavy atom. The van der Waals surface area contributed by atoms with E-state index in [9.17, 15) is 0 Å². The van der Waals surface area contributed by atoms with Crippen LogP contribution in [-0.2, 0) is 11.3 Å². The molecule has 0 fully saturated rings. The maximum absolute atomic E-state index is 5.20. The van der Waals surface area contributed by atoms with E-state index < -0.39 is 0 Å². The van der Waals surface area contributed by atoms with Crippen LogP contribution in [0.15, 0.2) is 0 Å². The quantitative estimate of drug-likeness (QED) is 0.788. The predicted octanol–water partition coefficient (Wildman–Crippen LogP) is 2.42. The van der Waals surface area contributed by atoms with E-state index in [-0.39, 0.29) is 0 Å². The van der Waals surface area contributed by atoms with E-state index >= 15 is 0 Å². The van der Waals surface area contributed by atoms with Crippen LogP contribution in [0, 0.1) is 6.92 Å². The number of aryl methyl sites for hydroxylation is 1. The van der Waals surface area contributed by atoms with Crippen molar-refractivity contribution in [1.82, 2.24) is 10.3 Å². The number of methoxy groups -OCH3 is 1. The van der Waals surface area contributed by atoms with E-state index in [0.29, 0.717) is 6.04 Å². The van der Waals surface area contributed by atoms with Gasteiger partial charge in [0.2, 0.25) is 0 Å². The van der Waals surface area contributed by atoms with Crippen LogP contribution in [0.2, 0.25) is 0 Å². The first-order chi connectivity index (χ1) is 8.63. The van der Waals surface area contributed by atoms with Gasteiger partial charge in [-0.15, -0.1) is 11.3 Å². The maximum Gasteiger partial charge on any atom is 0.186 e. The Morgan fingerprint density at radius 3 is 2.78 bits per heavy atom. The Hall–Kier alpha value is -0.650. The fourth-order valence-electron chi connectivity index (χ4n) is 1.77. The molecule has 104 valence electrons. The number of hydrogen-bond acceptors (Lipinski definition) is 5. The van der Waals surface area contributed by atoms with Crippen LogP contribution in [0.5, 0.6) is 0 Å². The number of nitrogens with zero attached hydrogens (tertiary/aromatic N) is 2. The van der Waals surface area contributed by atoms with Gasteiger partial charge in [0.15, 0.2) is 5.13 Å². The number of anilines is 1. The van der Waals surface area contributed by atoms with Crippen molar-refractivity contribution in [1.29, 1.82) is 0 Å². The molecule has 0 aliphatic rings. The van der Waals surface area contributed by atoms with Gasteiger partial charge in [-0.05, 0) is 27.3 Å². The molecule has 0 radical (unpaired) electrons. The van der Waals surface area contributed by atoms with Crippen molar-refractivity contribution >= 4 is 16.5 Å². The van der Waals surface area contributed by atoms with Crippen molar-refractivity contribution in [3.8, 4) is 0 Å². The number of thiazole rings is 1. The standard InChI is InChI=1S/C13H25N3OS/c1-6-10(2)16(7-8-17-5)13-15-11(3)12(18-13)9-14-4/h10,14H,6-9H2,1-5H3. The molecule has 1 heterocycles. The number of hydrogen-bond donors (Lipinski definition) is 1. The highest BCUT2D eigenvalue weighted by atomic mass is 32.1. The summed E-state index contributed by atoms with van der Waals surface area (Å²) in [7, 11) is 3.71. The summed E-state index contributed by atoms with van der Waals surface area (Å²) in [6.45, 7) is 9.06. The molecule has 0 saturated carbocycles. The first-order valence-corrected chi connectivity index (χ1v) is 7.32. The van der Waals surface area contributed by atoms with Gasteiger partial charge < -0.3 is 15.0 Å². The average molecular weight is 271 g/mol. The molecule has 0 aliphatic heterocycles. The van der Waals surface area contributed by atoms with E-state index in [2.05, 4.69) is 31.0 Å². The summed E-state index contributed by atoms with van der Waals surface area (Å²) in [5, 5.41) is 4.31. The lowest BCUT2D eigenvalue weighted by Crippen LogP contribution is -2.35. The lowest BCUT2D eigenvalue weighted by Gasteiger charge is -2.27. The largest absolute Gasteiger partial charge is 0.383 e. The van der Waals surface area contributed by atoms with Crippen LogP contribution in [0.25, 0.3) is 0 Å². The van der Waals surface area contributed by atoms with Gasteiger partial charge in [-0.2, -0.15) is 0 Å². The van der Waals surface area contributed by atoms with Crippen molar-refractivity contribution in [2.45, 2.75) is 39.8 Å². The minimum atomic E-state index is 0.494. The Morgan fingerprint density at radius 1 is 1.50 bits per heavy atom. The zero-order valence-electron chi connectivity index (χ0n) is 12.1. The van der Waals surface area contributed by atoms with Gasteiger partial charge in [0.1, 0.15) is 0 Å². The predicted molar refractivity (Wildman–Crippen MR) is 78.6 cm³/mol. The van der Waals surface area contributed by atoms with E-state index in [4.69, 9.17) is 9.72 Å². The highest BCUT2D eigenvalue weighted by Crippen LogP contribution is 2.27. The lowest BCUT2D eigenvalue weighted by atomic mass is 10.2. The Labute approximate surface area is 114 Å². The molecule has 0 spiro atoms. The van der Waals surface area contributed by atoms with Crippen LogP contribution in [0.4, 0.5) is 5.13 Å². The molecule has 0 bridgehead atoms. The first-order valence-electron chi connectivity index (χ1n) is 6.50. The molecular weight excluding hydrogens is 246 g/mol. The van der Waals surface area contributed by atoms with Crippen molar-refractivity contribution in [2.75, 3.05) is 32.2 Å². The van der Waals surface area contributed by atoms with E-state index in [1.807, 2.05) is 7.05 Å². The zero-order valence-corrected chi connectivity index (χ0v) is 12.9. The van der Waals surface area contributed by atoms with Crippen LogP contribution in [0.1, 0.15) is 30.8 Å². The molecule has 0 saturated heterocycles. The second-order valence-electron chi connectivity index (χ2n) is 4.48. The molecule has 1 N–H and O–H groups in total. The van der Waals surface area contributed by atoms with Crippen LogP contribution < -0.4 is 10.2 Å². The molecule has 18 heavy (non-hydrogen) atoms. The van der Waals surface area contributed by atoms with Gasteiger partial charge in [0.05, 0.1) is 12.3 Å². The van der Waals surface area contributed by atoms with Crippen molar-refractivity contribution < 1.29 is 4.74 Å². The molecule has 1 aromatic heterocycles. The van der Waals surface area contributed by atoms with Gasteiger partial charge in [0.25, 0.3) is 0 Å². The van der Waals surface area contributed by atoms with Gasteiger partial charge in [-0.1, -0.05) is 6.92 Å². The third-order valence-electron chi connectivity index (χ3n) is 3.12. The molecule has 0 aliphatic carbocycles. The van der Waals surface area contributed by atoms with E-state index in [1.165, 1.54) is 4.88 Å². The molecule has 1 atom stereocenters. The molecule has 0 aromatic carbocycles. The summed E-state index contributed by atoms with van der Waals surface area (Å²) in [6, 6.07) is 0.494. The fourth-order valence-corrected chi connectivity index (χ4v) is 2.98. The minimum absolute atomic E-state index is 0.494. The van der Waals surface area contributed by atoms with E-state index in [1.54, 1.807) is 18.4 Å². The van der Waals surface area contributed by atoms with Crippen molar-refractivity contribution in [3.63, 3.8) is 0 Å². The van der Waals surface area contributed by atoms with Crippen LogP contribution >= 0.6 is 11.3 Å². The first kappa shape index (κ1) is 15.4. The van der Waals surface area contributed by atoms with Crippen LogP contribution in [0.3, 0.4) is 0 Å². The van der Waals surface area contributed by atoms with Gasteiger partial charge in [0, 0.05) is 31.1 Å². The summed E-state index contributed by atoms with van der Waals surface area (Å²) < 4.78 is 5.20.